The highest BCUT2D eigenvalue weighted by Gasteiger charge is 2.16. The zero-order chi connectivity index (χ0) is 12.2. The first-order chi connectivity index (χ1) is 7.44. The predicted octanol–water partition coefficient (Wildman–Crippen LogP) is 1.96. The molecule has 0 aliphatic heterocycles. The van der Waals surface area contributed by atoms with Crippen molar-refractivity contribution in [2.75, 3.05) is 11.9 Å². The predicted molar refractivity (Wildman–Crippen MR) is 62.8 cm³/mol. The number of carboxylic acid groups (broad SMARTS) is 1. The molecule has 0 saturated heterocycles. The summed E-state index contributed by atoms with van der Waals surface area (Å²) in [6.07, 6.45) is 0.601. The number of aromatic carboxylic acids is 1. The van der Waals surface area contributed by atoms with Gasteiger partial charge in [0.1, 0.15) is 0 Å². The summed E-state index contributed by atoms with van der Waals surface area (Å²) in [5.74, 6) is -0.941. The van der Waals surface area contributed by atoms with Crippen molar-refractivity contribution in [2.45, 2.75) is 25.8 Å². The van der Waals surface area contributed by atoms with Crippen molar-refractivity contribution >= 4 is 11.7 Å². The number of benzene rings is 1. The maximum Gasteiger partial charge on any atom is 0.335 e. The van der Waals surface area contributed by atoms with E-state index >= 15 is 0 Å². The van der Waals surface area contributed by atoms with E-state index in [9.17, 15) is 4.79 Å². The van der Waals surface area contributed by atoms with Crippen LogP contribution in [0.3, 0.4) is 0 Å². The molecule has 0 saturated carbocycles. The molecular formula is C12H17NO3. The van der Waals surface area contributed by atoms with Crippen LogP contribution >= 0.6 is 0 Å². The number of hydrogen-bond acceptors (Lipinski definition) is 3. The quantitative estimate of drug-likeness (QED) is 0.713. The highest BCUT2D eigenvalue weighted by molar-refractivity contribution is 5.88. The minimum absolute atomic E-state index is 0.0959. The van der Waals surface area contributed by atoms with E-state index in [1.807, 2.05) is 19.9 Å². The van der Waals surface area contributed by atoms with Crippen molar-refractivity contribution in [1.29, 1.82) is 0 Å². The van der Waals surface area contributed by atoms with Gasteiger partial charge < -0.3 is 15.5 Å². The molecule has 1 aromatic rings. The Morgan fingerprint density at radius 2 is 2.12 bits per heavy atom. The molecule has 0 spiro atoms. The van der Waals surface area contributed by atoms with Crippen molar-refractivity contribution in [3.63, 3.8) is 0 Å². The summed E-state index contributed by atoms with van der Waals surface area (Å²) < 4.78 is 0. The van der Waals surface area contributed by atoms with Gasteiger partial charge in [-0.15, -0.1) is 0 Å². The molecule has 16 heavy (non-hydrogen) atoms. The Morgan fingerprint density at radius 1 is 1.44 bits per heavy atom. The topological polar surface area (TPSA) is 69.6 Å². The van der Waals surface area contributed by atoms with Gasteiger partial charge in [-0.2, -0.15) is 0 Å². The Labute approximate surface area is 94.9 Å². The maximum absolute atomic E-state index is 10.8. The van der Waals surface area contributed by atoms with Gasteiger partial charge >= 0.3 is 5.97 Å². The fourth-order valence-corrected chi connectivity index (χ4v) is 1.46. The fraction of sp³-hybridized carbons (Fsp3) is 0.417. The second-order valence-corrected chi connectivity index (χ2v) is 4.37. The third-order valence-corrected chi connectivity index (χ3v) is 2.33. The molecule has 0 aliphatic carbocycles. The minimum atomic E-state index is -0.941. The lowest BCUT2D eigenvalue weighted by atomic mass is 10.0. The van der Waals surface area contributed by atoms with E-state index in [2.05, 4.69) is 5.32 Å². The number of rotatable bonds is 5. The molecule has 0 heterocycles. The maximum atomic E-state index is 10.8. The summed E-state index contributed by atoms with van der Waals surface area (Å²) >= 11 is 0. The van der Waals surface area contributed by atoms with Crippen LogP contribution in [-0.2, 0) is 0 Å². The van der Waals surface area contributed by atoms with E-state index < -0.39 is 5.97 Å². The number of hydrogen-bond donors (Lipinski definition) is 3. The first kappa shape index (κ1) is 12.5. The zero-order valence-corrected chi connectivity index (χ0v) is 9.53. The van der Waals surface area contributed by atoms with Crippen molar-refractivity contribution in [3.05, 3.63) is 29.8 Å². The van der Waals surface area contributed by atoms with Gasteiger partial charge in [-0.3, -0.25) is 0 Å². The van der Waals surface area contributed by atoms with Crippen molar-refractivity contribution in [3.8, 4) is 0 Å². The van der Waals surface area contributed by atoms with Crippen molar-refractivity contribution in [2.24, 2.45) is 0 Å². The minimum Gasteiger partial charge on any atom is -0.478 e. The molecule has 3 N–H and O–H groups in total. The lowest BCUT2D eigenvalue weighted by molar-refractivity contribution is 0.0697. The molecular weight excluding hydrogens is 206 g/mol. The van der Waals surface area contributed by atoms with Crippen LogP contribution in [-0.4, -0.2) is 28.3 Å². The number of nitrogens with one attached hydrogen (secondary N) is 1. The average molecular weight is 223 g/mol. The van der Waals surface area contributed by atoms with E-state index in [1.54, 1.807) is 18.2 Å². The van der Waals surface area contributed by atoms with E-state index in [-0.39, 0.29) is 17.7 Å². The summed E-state index contributed by atoms with van der Waals surface area (Å²) in [6.45, 7) is 4.01. The Hall–Kier alpha value is -1.55. The van der Waals surface area contributed by atoms with Gasteiger partial charge in [-0.05, 0) is 38.5 Å². The van der Waals surface area contributed by atoms with E-state index in [0.29, 0.717) is 6.42 Å². The molecule has 0 unspecified atom stereocenters. The van der Waals surface area contributed by atoms with Gasteiger partial charge in [0.25, 0.3) is 0 Å². The van der Waals surface area contributed by atoms with Gasteiger partial charge in [-0.1, -0.05) is 6.07 Å². The van der Waals surface area contributed by atoms with Gasteiger partial charge in [0.15, 0.2) is 0 Å². The zero-order valence-electron chi connectivity index (χ0n) is 9.53. The first-order valence-electron chi connectivity index (χ1n) is 5.17. The molecule has 1 aromatic carbocycles. The lowest BCUT2D eigenvalue weighted by Gasteiger charge is -2.26. The summed E-state index contributed by atoms with van der Waals surface area (Å²) in [4.78, 5) is 10.8. The summed E-state index contributed by atoms with van der Waals surface area (Å²) in [6, 6.07) is 6.64. The number of carboxylic acids is 1. The van der Waals surface area contributed by atoms with Crippen LogP contribution in [0, 0.1) is 0 Å². The van der Waals surface area contributed by atoms with Gasteiger partial charge in [0.2, 0.25) is 0 Å². The molecule has 0 radical (unpaired) electrons. The molecule has 0 aliphatic rings. The summed E-state index contributed by atoms with van der Waals surface area (Å²) in [7, 11) is 0. The lowest BCUT2D eigenvalue weighted by Crippen LogP contribution is -2.31. The SMILES string of the molecule is CC(C)(CCO)Nc1cccc(C(=O)O)c1. The third kappa shape index (κ3) is 3.55. The number of aliphatic hydroxyl groups is 1. The Bertz CT molecular complexity index is 374. The molecule has 0 aromatic heterocycles. The smallest absolute Gasteiger partial charge is 0.335 e. The Morgan fingerprint density at radius 3 is 2.69 bits per heavy atom. The monoisotopic (exact) mass is 223 g/mol. The van der Waals surface area contributed by atoms with E-state index in [1.165, 1.54) is 0 Å². The molecule has 88 valence electrons. The van der Waals surface area contributed by atoms with Crippen LogP contribution in [0.2, 0.25) is 0 Å². The number of aliphatic hydroxyl groups excluding tert-OH is 1. The highest BCUT2D eigenvalue weighted by Crippen LogP contribution is 2.18. The molecule has 4 heteroatoms. The van der Waals surface area contributed by atoms with E-state index in [0.717, 1.165) is 5.69 Å². The van der Waals surface area contributed by atoms with Gasteiger partial charge in [-0.25, -0.2) is 4.79 Å². The Kier molecular flexibility index (Phi) is 3.90. The molecule has 0 bridgehead atoms. The average Bonchev–Trinajstić information content (AvgIpc) is 2.17. The normalized spacial score (nSPS) is 11.2. The van der Waals surface area contributed by atoms with Crippen molar-refractivity contribution < 1.29 is 15.0 Å². The van der Waals surface area contributed by atoms with Crippen LogP contribution in [0.15, 0.2) is 24.3 Å². The molecule has 4 nitrogen and oxygen atoms in total. The summed E-state index contributed by atoms with van der Waals surface area (Å²) in [5, 5.41) is 20.9. The second kappa shape index (κ2) is 4.99. The number of carbonyl (C=O) groups is 1. The van der Waals surface area contributed by atoms with Crippen LogP contribution in [0.4, 0.5) is 5.69 Å². The highest BCUT2D eigenvalue weighted by atomic mass is 16.4. The van der Waals surface area contributed by atoms with Gasteiger partial charge in [0, 0.05) is 17.8 Å². The fourth-order valence-electron chi connectivity index (χ4n) is 1.46. The van der Waals surface area contributed by atoms with Crippen LogP contribution in [0.5, 0.6) is 0 Å². The van der Waals surface area contributed by atoms with Crippen LogP contribution in [0.25, 0.3) is 0 Å². The molecule has 0 fully saturated rings. The van der Waals surface area contributed by atoms with Crippen LogP contribution in [0.1, 0.15) is 30.6 Å². The second-order valence-electron chi connectivity index (χ2n) is 4.37. The van der Waals surface area contributed by atoms with Crippen LogP contribution < -0.4 is 5.32 Å². The number of anilines is 1. The first-order valence-corrected chi connectivity index (χ1v) is 5.17. The molecule has 1 rings (SSSR count). The van der Waals surface area contributed by atoms with Crippen molar-refractivity contribution in [1.82, 2.24) is 0 Å². The molecule has 0 atom stereocenters. The Balaban J connectivity index is 2.81. The van der Waals surface area contributed by atoms with E-state index in [4.69, 9.17) is 10.2 Å². The third-order valence-electron chi connectivity index (χ3n) is 2.33. The largest absolute Gasteiger partial charge is 0.478 e. The molecule has 0 amide bonds. The standard InChI is InChI=1S/C12H17NO3/c1-12(2,6-7-14)13-10-5-3-4-9(8-10)11(15)16/h3-5,8,13-14H,6-7H2,1-2H3,(H,15,16). The van der Waals surface area contributed by atoms with Gasteiger partial charge in [0.05, 0.1) is 5.56 Å². The summed E-state index contributed by atoms with van der Waals surface area (Å²) in [5.41, 5.74) is 0.745.